The molecule has 2 aromatic heterocycles. The predicted molar refractivity (Wildman–Crippen MR) is 88.6 cm³/mol. The van der Waals surface area contributed by atoms with E-state index >= 15 is 0 Å². The van der Waals surface area contributed by atoms with E-state index in [0.29, 0.717) is 18.1 Å². The molecule has 0 aliphatic carbocycles. The number of thiophene rings is 1. The van der Waals surface area contributed by atoms with E-state index in [4.69, 9.17) is 14.5 Å². The number of carbonyl (C=O) groups is 1. The number of nitrogens with zero attached hydrogens (tertiary/aromatic N) is 3. The van der Waals surface area contributed by atoms with Crippen molar-refractivity contribution in [2.45, 2.75) is 39.2 Å². The fraction of sp³-hybridized carbons (Fsp3) is 0.467. The first-order valence-corrected chi connectivity index (χ1v) is 8.80. The molecule has 6 nitrogen and oxygen atoms in total. The first kappa shape index (κ1) is 17.6. The fourth-order valence-corrected chi connectivity index (χ4v) is 3.18. The van der Waals surface area contributed by atoms with Gasteiger partial charge in [-0.1, -0.05) is 19.0 Å². The number of rotatable bonds is 7. The molecule has 0 unspecified atom stereocenters. The summed E-state index contributed by atoms with van der Waals surface area (Å²) in [7, 11) is 0. The van der Waals surface area contributed by atoms with Crippen LogP contribution in [0.1, 0.15) is 32.6 Å². The summed E-state index contributed by atoms with van der Waals surface area (Å²) in [6.45, 7) is 3.83. The molecule has 1 atom stereocenters. The van der Waals surface area contributed by atoms with Crippen LogP contribution in [0.25, 0.3) is 10.7 Å². The molecule has 0 spiro atoms. The molecule has 0 aliphatic heterocycles. The Morgan fingerprint density at radius 3 is 2.96 bits per heavy atom. The van der Waals surface area contributed by atoms with Gasteiger partial charge in [-0.15, -0.1) is 11.3 Å². The van der Waals surface area contributed by atoms with Crippen LogP contribution in [0.15, 0.2) is 20.4 Å². The Balaban J connectivity index is 1.87. The molecular weight excluding hydrogens is 382 g/mol. The zero-order valence-electron chi connectivity index (χ0n) is 12.8. The van der Waals surface area contributed by atoms with Gasteiger partial charge < -0.3 is 9.26 Å². The number of esters is 1. The summed E-state index contributed by atoms with van der Waals surface area (Å²) in [5.41, 5.74) is 0. The third kappa shape index (κ3) is 5.15. The highest BCUT2D eigenvalue weighted by Crippen LogP contribution is 2.27. The van der Waals surface area contributed by atoms with Crippen molar-refractivity contribution < 1.29 is 14.1 Å². The normalized spacial score (nSPS) is 12.1. The number of nitriles is 1. The van der Waals surface area contributed by atoms with Crippen molar-refractivity contribution in [2.75, 3.05) is 0 Å². The zero-order chi connectivity index (χ0) is 16.8. The van der Waals surface area contributed by atoms with Gasteiger partial charge >= 0.3 is 5.97 Å². The molecule has 0 saturated heterocycles. The quantitative estimate of drug-likeness (QED) is 0.656. The van der Waals surface area contributed by atoms with E-state index in [0.717, 1.165) is 9.35 Å². The zero-order valence-corrected chi connectivity index (χ0v) is 15.2. The Bertz CT molecular complexity index is 705. The number of carbonyl (C=O) groups excluding carboxylic acids is 1. The minimum atomic E-state index is -0.380. The van der Waals surface area contributed by atoms with Crippen molar-refractivity contribution in [3.8, 4) is 16.8 Å². The Morgan fingerprint density at radius 2 is 2.35 bits per heavy atom. The Kier molecular flexibility index (Phi) is 6.30. The topological polar surface area (TPSA) is 89.0 Å². The maximum absolute atomic E-state index is 11.9. The van der Waals surface area contributed by atoms with Crippen LogP contribution in [0, 0.1) is 17.2 Å². The number of hydrogen-bond donors (Lipinski definition) is 0. The minimum absolute atomic E-state index is 0.103. The first-order valence-electron chi connectivity index (χ1n) is 7.13. The summed E-state index contributed by atoms with van der Waals surface area (Å²) < 4.78 is 11.4. The lowest BCUT2D eigenvalue weighted by Crippen LogP contribution is -2.23. The van der Waals surface area contributed by atoms with Gasteiger partial charge in [0.1, 0.15) is 6.10 Å². The lowest BCUT2D eigenvalue weighted by atomic mass is 10.1. The van der Waals surface area contributed by atoms with Gasteiger partial charge in [0.05, 0.1) is 23.8 Å². The number of aromatic nitrogens is 2. The fourth-order valence-electron chi connectivity index (χ4n) is 1.83. The van der Waals surface area contributed by atoms with Crippen LogP contribution < -0.4 is 0 Å². The highest BCUT2D eigenvalue weighted by Gasteiger charge is 2.19. The number of halogens is 1. The second-order valence-corrected chi connectivity index (χ2v) is 7.10. The highest BCUT2D eigenvalue weighted by atomic mass is 79.9. The number of ether oxygens (including phenoxy) is 1. The lowest BCUT2D eigenvalue weighted by molar-refractivity contribution is -0.151. The summed E-state index contributed by atoms with van der Waals surface area (Å²) in [5.74, 6) is 0.639. The highest BCUT2D eigenvalue weighted by molar-refractivity contribution is 9.10. The molecule has 0 N–H and O–H groups in total. The lowest BCUT2D eigenvalue weighted by Gasteiger charge is -2.18. The molecule has 122 valence electrons. The maximum Gasteiger partial charge on any atom is 0.306 e. The smallest absolute Gasteiger partial charge is 0.306 e. The maximum atomic E-state index is 11.9. The van der Waals surface area contributed by atoms with Crippen LogP contribution in [0.2, 0.25) is 0 Å². The van der Waals surface area contributed by atoms with Gasteiger partial charge in [-0.3, -0.25) is 4.79 Å². The predicted octanol–water partition coefficient (Wildman–Crippen LogP) is 3.97. The summed E-state index contributed by atoms with van der Waals surface area (Å²) in [5, 5.41) is 14.6. The molecule has 0 radical (unpaired) electrons. The van der Waals surface area contributed by atoms with Gasteiger partial charge in [0, 0.05) is 16.3 Å². The third-order valence-electron chi connectivity index (χ3n) is 3.12. The molecule has 0 amide bonds. The first-order chi connectivity index (χ1) is 11.0. The molecular formula is C15H16BrN3O3S. The van der Waals surface area contributed by atoms with Gasteiger partial charge in [0.2, 0.25) is 11.7 Å². The van der Waals surface area contributed by atoms with Crippen molar-refractivity contribution in [1.29, 1.82) is 5.26 Å². The molecule has 0 aromatic carbocycles. The van der Waals surface area contributed by atoms with Gasteiger partial charge in [0.15, 0.2) is 0 Å². The van der Waals surface area contributed by atoms with Gasteiger partial charge in [-0.2, -0.15) is 10.2 Å². The number of hydrogen-bond acceptors (Lipinski definition) is 7. The van der Waals surface area contributed by atoms with Gasteiger partial charge in [-0.05, 0) is 27.9 Å². The molecule has 23 heavy (non-hydrogen) atoms. The van der Waals surface area contributed by atoms with Crippen molar-refractivity contribution >= 4 is 33.2 Å². The molecule has 8 heteroatoms. The summed E-state index contributed by atoms with van der Waals surface area (Å²) >= 11 is 4.88. The second-order valence-electron chi connectivity index (χ2n) is 5.28. The van der Waals surface area contributed by atoms with E-state index in [1.54, 1.807) is 0 Å². The molecule has 2 rings (SSSR count). The van der Waals surface area contributed by atoms with Crippen molar-refractivity contribution in [3.05, 3.63) is 21.8 Å². The SMILES string of the molecule is CC(C)[C@@H](CC#N)OC(=O)CCc1nc(-c2cc(Br)cs2)no1. The minimum Gasteiger partial charge on any atom is -0.461 e. The van der Waals surface area contributed by atoms with Crippen molar-refractivity contribution in [3.63, 3.8) is 0 Å². The van der Waals surface area contributed by atoms with E-state index in [9.17, 15) is 4.79 Å². The molecule has 0 saturated carbocycles. The monoisotopic (exact) mass is 397 g/mol. The van der Waals surface area contributed by atoms with Crippen LogP contribution in [-0.4, -0.2) is 22.2 Å². The van der Waals surface area contributed by atoms with E-state index in [2.05, 4.69) is 26.1 Å². The molecule has 2 aromatic rings. The van der Waals surface area contributed by atoms with Crippen LogP contribution in [0.4, 0.5) is 0 Å². The van der Waals surface area contributed by atoms with Crippen LogP contribution in [0.5, 0.6) is 0 Å². The van der Waals surface area contributed by atoms with E-state index < -0.39 is 0 Å². The average Bonchev–Trinajstić information content (AvgIpc) is 3.13. The van der Waals surface area contributed by atoms with Crippen LogP contribution >= 0.6 is 27.3 Å². The van der Waals surface area contributed by atoms with Gasteiger partial charge in [-0.25, -0.2) is 0 Å². The largest absolute Gasteiger partial charge is 0.461 e. The average molecular weight is 398 g/mol. The summed E-state index contributed by atoms with van der Waals surface area (Å²) in [6, 6.07) is 3.94. The van der Waals surface area contributed by atoms with Gasteiger partial charge in [0.25, 0.3) is 0 Å². The molecule has 0 aliphatic rings. The molecule has 2 heterocycles. The summed E-state index contributed by atoms with van der Waals surface area (Å²) in [4.78, 5) is 17.0. The van der Waals surface area contributed by atoms with Crippen molar-refractivity contribution in [2.24, 2.45) is 5.92 Å². The van der Waals surface area contributed by atoms with Crippen molar-refractivity contribution in [1.82, 2.24) is 10.1 Å². The standard InChI is InChI=1S/C15H16BrN3O3S/c1-9(2)11(5-6-17)21-14(20)4-3-13-18-15(19-22-13)12-7-10(16)8-23-12/h7-9,11H,3-5H2,1-2H3/t11-/m1/s1. The van der Waals surface area contributed by atoms with E-state index in [-0.39, 0.29) is 30.8 Å². The second kappa shape index (κ2) is 8.22. The van der Waals surface area contributed by atoms with Crippen LogP contribution in [-0.2, 0) is 16.0 Å². The Hall–Kier alpha value is -1.72. The summed E-state index contributed by atoms with van der Waals surface area (Å²) in [6.07, 6.45) is 0.274. The molecule has 0 fully saturated rings. The third-order valence-corrected chi connectivity index (χ3v) is 4.80. The van der Waals surface area contributed by atoms with Crippen LogP contribution in [0.3, 0.4) is 0 Å². The molecule has 0 bridgehead atoms. The number of aryl methyl sites for hydroxylation is 1. The van der Waals surface area contributed by atoms with E-state index in [1.165, 1.54) is 11.3 Å². The Morgan fingerprint density at radius 1 is 1.57 bits per heavy atom. The van der Waals surface area contributed by atoms with E-state index in [1.807, 2.05) is 31.4 Å². The Labute approximate surface area is 146 Å².